The smallest absolute Gasteiger partial charge is 0.107 e. The number of hydrogen-bond donors (Lipinski definition) is 2. The molecule has 2 N–H and O–H groups in total. The van der Waals surface area contributed by atoms with Crippen LogP contribution in [0.1, 0.15) is 38.4 Å². The lowest BCUT2D eigenvalue weighted by Crippen LogP contribution is -2.34. The summed E-state index contributed by atoms with van der Waals surface area (Å²) in [4.78, 5) is 7.48. The van der Waals surface area contributed by atoms with Crippen molar-refractivity contribution in [1.29, 1.82) is 0 Å². The minimum Gasteiger partial charge on any atom is -0.349 e. The number of aromatic amines is 1. The molecule has 0 spiro atoms. The van der Waals surface area contributed by atoms with Gasteiger partial charge < -0.3 is 10.3 Å². The summed E-state index contributed by atoms with van der Waals surface area (Å²) in [5.74, 6) is 2.07. The second-order valence-corrected chi connectivity index (χ2v) is 4.53. The SMILES string of the molecule is CCNC(Cc1ncc[nH]1)CC1CCC1. The van der Waals surface area contributed by atoms with Gasteiger partial charge in [-0.05, 0) is 18.9 Å². The number of H-pyrrole nitrogens is 1. The topological polar surface area (TPSA) is 40.7 Å². The predicted molar refractivity (Wildman–Crippen MR) is 61.7 cm³/mol. The number of nitrogens with zero attached hydrogens (tertiary/aromatic N) is 1. The van der Waals surface area contributed by atoms with Gasteiger partial charge in [0, 0.05) is 24.9 Å². The van der Waals surface area contributed by atoms with Crippen LogP contribution in [-0.4, -0.2) is 22.6 Å². The molecule has 0 aliphatic heterocycles. The van der Waals surface area contributed by atoms with E-state index in [-0.39, 0.29) is 0 Å². The molecule has 84 valence electrons. The van der Waals surface area contributed by atoms with E-state index in [9.17, 15) is 0 Å². The molecule has 0 aromatic carbocycles. The predicted octanol–water partition coefficient (Wildman–Crippen LogP) is 2.12. The number of rotatable bonds is 6. The van der Waals surface area contributed by atoms with Crippen LogP contribution in [0.3, 0.4) is 0 Å². The summed E-state index contributed by atoms with van der Waals surface area (Å²) < 4.78 is 0. The average molecular weight is 207 g/mol. The van der Waals surface area contributed by atoms with Gasteiger partial charge in [-0.15, -0.1) is 0 Å². The standard InChI is InChI=1S/C12H21N3/c1-2-13-11(8-10-4-3-5-10)9-12-14-6-7-15-12/h6-7,10-11,13H,2-5,8-9H2,1H3,(H,14,15). The maximum absolute atomic E-state index is 4.29. The molecule has 1 aliphatic rings. The Balaban J connectivity index is 1.81. The first-order chi connectivity index (χ1) is 7.38. The lowest BCUT2D eigenvalue weighted by atomic mass is 9.80. The molecule has 0 amide bonds. The molecule has 15 heavy (non-hydrogen) atoms. The maximum atomic E-state index is 4.29. The molecular weight excluding hydrogens is 186 g/mol. The van der Waals surface area contributed by atoms with Crippen LogP contribution in [0, 0.1) is 5.92 Å². The Labute approximate surface area is 91.7 Å². The summed E-state index contributed by atoms with van der Waals surface area (Å²) >= 11 is 0. The second kappa shape index (κ2) is 5.31. The molecule has 1 unspecified atom stereocenters. The van der Waals surface area contributed by atoms with Gasteiger partial charge in [0.05, 0.1) is 0 Å². The molecule has 1 atom stereocenters. The average Bonchev–Trinajstić information content (AvgIpc) is 2.64. The number of hydrogen-bond acceptors (Lipinski definition) is 2. The molecule has 3 heteroatoms. The van der Waals surface area contributed by atoms with Crippen molar-refractivity contribution in [2.45, 2.75) is 45.1 Å². The normalized spacial score (nSPS) is 18.7. The Morgan fingerprint density at radius 3 is 3.00 bits per heavy atom. The highest BCUT2D eigenvalue weighted by Crippen LogP contribution is 2.30. The summed E-state index contributed by atoms with van der Waals surface area (Å²) in [6.45, 7) is 3.23. The van der Waals surface area contributed by atoms with Gasteiger partial charge in [0.15, 0.2) is 0 Å². The van der Waals surface area contributed by atoms with Crippen molar-refractivity contribution in [3.63, 3.8) is 0 Å². The third kappa shape index (κ3) is 3.06. The number of aromatic nitrogens is 2. The van der Waals surface area contributed by atoms with Crippen LogP contribution >= 0.6 is 0 Å². The Bertz CT molecular complexity index is 264. The molecule has 2 rings (SSSR count). The molecule has 1 aromatic heterocycles. The third-order valence-corrected chi connectivity index (χ3v) is 3.33. The van der Waals surface area contributed by atoms with Gasteiger partial charge in [-0.25, -0.2) is 4.98 Å². The summed E-state index contributed by atoms with van der Waals surface area (Å²) in [7, 11) is 0. The maximum Gasteiger partial charge on any atom is 0.107 e. The van der Waals surface area contributed by atoms with E-state index >= 15 is 0 Å². The fourth-order valence-corrected chi connectivity index (χ4v) is 2.30. The zero-order valence-corrected chi connectivity index (χ0v) is 9.50. The van der Waals surface area contributed by atoms with Crippen LogP contribution < -0.4 is 5.32 Å². The van der Waals surface area contributed by atoms with Gasteiger partial charge in [-0.3, -0.25) is 0 Å². The zero-order chi connectivity index (χ0) is 10.5. The third-order valence-electron chi connectivity index (χ3n) is 3.33. The van der Waals surface area contributed by atoms with Gasteiger partial charge in [0.1, 0.15) is 5.82 Å². The molecule has 3 nitrogen and oxygen atoms in total. The van der Waals surface area contributed by atoms with Crippen molar-refractivity contribution in [3.8, 4) is 0 Å². The molecule has 0 radical (unpaired) electrons. The van der Waals surface area contributed by atoms with Crippen LogP contribution in [0.4, 0.5) is 0 Å². The number of nitrogens with one attached hydrogen (secondary N) is 2. The first-order valence-electron chi connectivity index (χ1n) is 6.10. The monoisotopic (exact) mass is 207 g/mol. The Hall–Kier alpha value is -0.830. The van der Waals surface area contributed by atoms with Gasteiger partial charge in [-0.1, -0.05) is 26.2 Å². The fourth-order valence-electron chi connectivity index (χ4n) is 2.30. The van der Waals surface area contributed by atoms with Crippen LogP contribution in [0.25, 0.3) is 0 Å². The van der Waals surface area contributed by atoms with E-state index in [0.29, 0.717) is 6.04 Å². The van der Waals surface area contributed by atoms with E-state index in [2.05, 4.69) is 22.2 Å². The Morgan fingerprint density at radius 1 is 1.60 bits per heavy atom. The fraction of sp³-hybridized carbons (Fsp3) is 0.750. The summed E-state index contributed by atoms with van der Waals surface area (Å²) in [5.41, 5.74) is 0. The van der Waals surface area contributed by atoms with Crippen molar-refractivity contribution in [2.24, 2.45) is 5.92 Å². The first-order valence-corrected chi connectivity index (χ1v) is 6.10. The second-order valence-electron chi connectivity index (χ2n) is 4.53. The van der Waals surface area contributed by atoms with Gasteiger partial charge >= 0.3 is 0 Å². The highest BCUT2D eigenvalue weighted by Gasteiger charge is 2.22. The summed E-state index contributed by atoms with van der Waals surface area (Å²) in [5, 5.41) is 3.56. The van der Waals surface area contributed by atoms with E-state index in [4.69, 9.17) is 0 Å². The highest BCUT2D eigenvalue weighted by atomic mass is 14.9. The molecule has 1 aromatic rings. The van der Waals surface area contributed by atoms with E-state index in [1.165, 1.54) is 25.7 Å². The lowest BCUT2D eigenvalue weighted by Gasteiger charge is -2.29. The summed E-state index contributed by atoms with van der Waals surface area (Å²) in [6.07, 6.45) is 10.4. The number of imidazole rings is 1. The minimum absolute atomic E-state index is 0.603. The van der Waals surface area contributed by atoms with Gasteiger partial charge in [-0.2, -0.15) is 0 Å². The Kier molecular flexibility index (Phi) is 3.78. The first kappa shape index (κ1) is 10.7. The van der Waals surface area contributed by atoms with Crippen LogP contribution in [-0.2, 0) is 6.42 Å². The van der Waals surface area contributed by atoms with Crippen LogP contribution in [0.5, 0.6) is 0 Å². The largest absolute Gasteiger partial charge is 0.349 e. The highest BCUT2D eigenvalue weighted by molar-refractivity contribution is 4.92. The van der Waals surface area contributed by atoms with Crippen LogP contribution in [0.15, 0.2) is 12.4 Å². The summed E-state index contributed by atoms with van der Waals surface area (Å²) in [6, 6.07) is 0.603. The van der Waals surface area contributed by atoms with E-state index in [1.54, 1.807) is 0 Å². The van der Waals surface area contributed by atoms with Gasteiger partial charge in [0.2, 0.25) is 0 Å². The molecule has 0 bridgehead atoms. The molecule has 1 fully saturated rings. The van der Waals surface area contributed by atoms with E-state index in [0.717, 1.165) is 24.7 Å². The molecule has 1 aliphatic carbocycles. The van der Waals surface area contributed by atoms with Crippen molar-refractivity contribution >= 4 is 0 Å². The lowest BCUT2D eigenvalue weighted by molar-refractivity contribution is 0.259. The van der Waals surface area contributed by atoms with E-state index in [1.807, 2.05) is 12.4 Å². The van der Waals surface area contributed by atoms with E-state index < -0.39 is 0 Å². The molecule has 0 saturated heterocycles. The van der Waals surface area contributed by atoms with Crippen molar-refractivity contribution < 1.29 is 0 Å². The van der Waals surface area contributed by atoms with Crippen molar-refractivity contribution in [2.75, 3.05) is 6.54 Å². The number of likely N-dealkylation sites (N-methyl/N-ethyl adjacent to an activating group) is 1. The zero-order valence-electron chi connectivity index (χ0n) is 9.50. The van der Waals surface area contributed by atoms with Crippen molar-refractivity contribution in [3.05, 3.63) is 18.2 Å². The Morgan fingerprint density at radius 2 is 2.47 bits per heavy atom. The van der Waals surface area contributed by atoms with Gasteiger partial charge in [0.25, 0.3) is 0 Å². The molecule has 1 heterocycles. The molecule has 1 saturated carbocycles. The van der Waals surface area contributed by atoms with Crippen molar-refractivity contribution in [1.82, 2.24) is 15.3 Å². The quantitative estimate of drug-likeness (QED) is 0.750. The molecular formula is C12H21N3. The minimum atomic E-state index is 0.603. The van der Waals surface area contributed by atoms with Crippen LogP contribution in [0.2, 0.25) is 0 Å².